The van der Waals surface area contributed by atoms with Gasteiger partial charge < -0.3 is 15.3 Å². The summed E-state index contributed by atoms with van der Waals surface area (Å²) < 4.78 is 0.653. The maximum atomic E-state index is 11.1. The summed E-state index contributed by atoms with van der Waals surface area (Å²) in [6, 6.07) is 1.66. The monoisotopic (exact) mass is 301 g/mol. The molecule has 1 rings (SSSR count). The number of likely N-dealkylation sites (N-methyl/N-ethyl adjacent to an activating group) is 1. The molecule has 5 nitrogen and oxygen atoms in total. The molecule has 6 heteroatoms. The number of halogens is 1. The SMILES string of the molecule is CC(CN(C)C)Nc1ncc(Br)cc1C(=O)O. The summed E-state index contributed by atoms with van der Waals surface area (Å²) >= 11 is 3.21. The summed E-state index contributed by atoms with van der Waals surface area (Å²) in [7, 11) is 3.93. The number of rotatable bonds is 5. The van der Waals surface area contributed by atoms with Gasteiger partial charge >= 0.3 is 5.97 Å². The lowest BCUT2D eigenvalue weighted by Crippen LogP contribution is -2.30. The van der Waals surface area contributed by atoms with Crippen LogP contribution >= 0.6 is 15.9 Å². The highest BCUT2D eigenvalue weighted by Gasteiger charge is 2.14. The maximum absolute atomic E-state index is 11.1. The normalized spacial score (nSPS) is 12.5. The molecule has 0 bridgehead atoms. The van der Waals surface area contributed by atoms with E-state index in [-0.39, 0.29) is 11.6 Å². The van der Waals surface area contributed by atoms with Gasteiger partial charge in [-0.05, 0) is 43.0 Å². The number of nitrogens with zero attached hydrogens (tertiary/aromatic N) is 2. The van der Waals surface area contributed by atoms with E-state index < -0.39 is 5.97 Å². The predicted molar refractivity (Wildman–Crippen MR) is 70.5 cm³/mol. The van der Waals surface area contributed by atoms with E-state index >= 15 is 0 Å². The molecule has 0 aliphatic rings. The number of aromatic nitrogens is 1. The van der Waals surface area contributed by atoms with Crippen LogP contribution in [0.2, 0.25) is 0 Å². The lowest BCUT2D eigenvalue weighted by atomic mass is 10.2. The van der Waals surface area contributed by atoms with E-state index in [1.807, 2.05) is 25.9 Å². The highest BCUT2D eigenvalue weighted by Crippen LogP contribution is 2.18. The first-order valence-corrected chi connectivity index (χ1v) is 5.99. The summed E-state index contributed by atoms with van der Waals surface area (Å²) in [4.78, 5) is 17.2. The Morgan fingerprint density at radius 1 is 1.65 bits per heavy atom. The van der Waals surface area contributed by atoms with Gasteiger partial charge in [0.15, 0.2) is 0 Å². The number of hydrogen-bond donors (Lipinski definition) is 2. The molecule has 17 heavy (non-hydrogen) atoms. The average Bonchev–Trinajstić information content (AvgIpc) is 2.19. The molecular weight excluding hydrogens is 286 g/mol. The van der Waals surface area contributed by atoms with E-state index in [1.165, 1.54) is 0 Å². The minimum atomic E-state index is -0.988. The number of carboxylic acid groups (broad SMARTS) is 1. The second kappa shape index (κ2) is 5.97. The van der Waals surface area contributed by atoms with Gasteiger partial charge in [-0.15, -0.1) is 0 Å². The van der Waals surface area contributed by atoms with Crippen molar-refractivity contribution in [2.75, 3.05) is 26.0 Å². The molecule has 0 aromatic carbocycles. The molecule has 1 unspecified atom stereocenters. The molecule has 0 saturated carbocycles. The molecule has 0 aliphatic heterocycles. The summed E-state index contributed by atoms with van der Waals surface area (Å²) in [5, 5.41) is 12.2. The first kappa shape index (κ1) is 13.9. The highest BCUT2D eigenvalue weighted by atomic mass is 79.9. The Kier molecular flexibility index (Phi) is 4.89. The Labute approximate surface area is 109 Å². The molecule has 0 fully saturated rings. The van der Waals surface area contributed by atoms with Crippen LogP contribution in [-0.4, -0.2) is 47.6 Å². The first-order chi connectivity index (χ1) is 7.90. The van der Waals surface area contributed by atoms with Crippen LogP contribution in [0, 0.1) is 0 Å². The fraction of sp³-hybridized carbons (Fsp3) is 0.455. The van der Waals surface area contributed by atoms with Crippen molar-refractivity contribution in [3.8, 4) is 0 Å². The number of anilines is 1. The lowest BCUT2D eigenvalue weighted by molar-refractivity contribution is 0.0697. The van der Waals surface area contributed by atoms with Crippen molar-refractivity contribution < 1.29 is 9.90 Å². The molecule has 1 aromatic rings. The van der Waals surface area contributed by atoms with Crippen molar-refractivity contribution in [2.24, 2.45) is 0 Å². The van der Waals surface area contributed by atoms with Crippen LogP contribution < -0.4 is 5.32 Å². The predicted octanol–water partition coefficient (Wildman–Crippen LogP) is 1.90. The zero-order valence-electron chi connectivity index (χ0n) is 10.1. The van der Waals surface area contributed by atoms with Crippen molar-refractivity contribution in [1.82, 2.24) is 9.88 Å². The third-order valence-corrected chi connectivity index (χ3v) is 2.54. The van der Waals surface area contributed by atoms with E-state index in [4.69, 9.17) is 5.11 Å². The first-order valence-electron chi connectivity index (χ1n) is 5.20. The minimum absolute atomic E-state index is 0.122. The fourth-order valence-corrected chi connectivity index (χ4v) is 1.88. The van der Waals surface area contributed by atoms with Gasteiger partial charge in [0.2, 0.25) is 0 Å². The molecule has 94 valence electrons. The van der Waals surface area contributed by atoms with Gasteiger partial charge in [0.05, 0.1) is 0 Å². The van der Waals surface area contributed by atoms with Crippen molar-refractivity contribution in [1.29, 1.82) is 0 Å². The largest absolute Gasteiger partial charge is 0.478 e. The van der Waals surface area contributed by atoms with E-state index in [2.05, 4.69) is 26.2 Å². The van der Waals surface area contributed by atoms with Crippen LogP contribution in [0.4, 0.5) is 5.82 Å². The van der Waals surface area contributed by atoms with Crippen LogP contribution in [0.3, 0.4) is 0 Å². The van der Waals surface area contributed by atoms with Gasteiger partial charge in [0, 0.05) is 23.3 Å². The van der Waals surface area contributed by atoms with Gasteiger partial charge in [-0.3, -0.25) is 0 Å². The van der Waals surface area contributed by atoms with Crippen LogP contribution in [-0.2, 0) is 0 Å². The summed E-state index contributed by atoms with van der Waals surface area (Å²) in [5.41, 5.74) is 0.171. The number of carbonyl (C=O) groups is 1. The smallest absolute Gasteiger partial charge is 0.339 e. The molecule has 2 N–H and O–H groups in total. The van der Waals surface area contributed by atoms with Gasteiger partial charge in [-0.2, -0.15) is 0 Å². The fourth-order valence-electron chi connectivity index (χ4n) is 1.54. The summed E-state index contributed by atoms with van der Waals surface area (Å²) in [6.07, 6.45) is 1.58. The number of nitrogens with one attached hydrogen (secondary N) is 1. The molecule has 1 aromatic heterocycles. The maximum Gasteiger partial charge on any atom is 0.339 e. The van der Waals surface area contributed by atoms with Crippen molar-refractivity contribution in [3.05, 3.63) is 22.3 Å². The molecule has 0 spiro atoms. The van der Waals surface area contributed by atoms with Crippen LogP contribution in [0.1, 0.15) is 17.3 Å². The van der Waals surface area contributed by atoms with Crippen molar-refractivity contribution in [2.45, 2.75) is 13.0 Å². The van der Waals surface area contributed by atoms with Gasteiger partial charge in [0.1, 0.15) is 11.4 Å². The molecule has 0 saturated heterocycles. The van der Waals surface area contributed by atoms with E-state index in [0.29, 0.717) is 10.3 Å². The Hall–Kier alpha value is -1.14. The Morgan fingerprint density at radius 2 is 2.29 bits per heavy atom. The lowest BCUT2D eigenvalue weighted by Gasteiger charge is -2.19. The third kappa shape index (κ3) is 4.32. The molecule has 1 heterocycles. The van der Waals surface area contributed by atoms with Crippen LogP contribution in [0.25, 0.3) is 0 Å². The molecule has 0 aliphatic carbocycles. The van der Waals surface area contributed by atoms with E-state index in [9.17, 15) is 4.79 Å². The number of hydrogen-bond acceptors (Lipinski definition) is 4. The Morgan fingerprint density at radius 3 is 2.82 bits per heavy atom. The number of carboxylic acids is 1. The molecule has 0 radical (unpaired) electrons. The molecule has 0 amide bonds. The quantitative estimate of drug-likeness (QED) is 0.870. The second-order valence-corrected chi connectivity index (χ2v) is 5.08. The van der Waals surface area contributed by atoms with E-state index in [1.54, 1.807) is 12.3 Å². The van der Waals surface area contributed by atoms with Gasteiger partial charge in [0.25, 0.3) is 0 Å². The summed E-state index contributed by atoms with van der Waals surface area (Å²) in [5.74, 6) is -0.589. The minimum Gasteiger partial charge on any atom is -0.478 e. The van der Waals surface area contributed by atoms with Crippen LogP contribution in [0.5, 0.6) is 0 Å². The standard InChI is InChI=1S/C11H16BrN3O2/c1-7(6-15(2)3)14-10-9(11(16)17)4-8(12)5-13-10/h4-5,7H,6H2,1-3H3,(H,13,14)(H,16,17). The summed E-state index contributed by atoms with van der Waals surface area (Å²) in [6.45, 7) is 2.78. The van der Waals surface area contributed by atoms with Crippen LogP contribution in [0.15, 0.2) is 16.7 Å². The zero-order chi connectivity index (χ0) is 13.0. The molecular formula is C11H16BrN3O2. The zero-order valence-corrected chi connectivity index (χ0v) is 11.7. The van der Waals surface area contributed by atoms with Crippen molar-refractivity contribution in [3.63, 3.8) is 0 Å². The third-order valence-electron chi connectivity index (χ3n) is 2.11. The Bertz CT molecular complexity index is 410. The van der Waals surface area contributed by atoms with Gasteiger partial charge in [-0.1, -0.05) is 0 Å². The Balaban J connectivity index is 2.86. The number of pyridine rings is 1. The molecule has 1 atom stereocenters. The van der Waals surface area contributed by atoms with E-state index in [0.717, 1.165) is 6.54 Å². The second-order valence-electron chi connectivity index (χ2n) is 4.16. The van der Waals surface area contributed by atoms with Gasteiger partial charge in [-0.25, -0.2) is 9.78 Å². The average molecular weight is 302 g/mol. The number of aromatic carboxylic acids is 1. The topological polar surface area (TPSA) is 65.5 Å². The highest BCUT2D eigenvalue weighted by molar-refractivity contribution is 9.10. The van der Waals surface area contributed by atoms with Crippen molar-refractivity contribution >= 4 is 27.7 Å².